The Morgan fingerprint density at radius 3 is 2.50 bits per heavy atom. The van der Waals surface area contributed by atoms with Crippen molar-refractivity contribution in [1.29, 1.82) is 0 Å². The van der Waals surface area contributed by atoms with Gasteiger partial charge in [-0.25, -0.2) is 9.97 Å². The lowest BCUT2D eigenvalue weighted by molar-refractivity contribution is 0.561. The van der Waals surface area contributed by atoms with Gasteiger partial charge in [-0.1, -0.05) is 60.7 Å². The Bertz CT molecular complexity index is 1260. The van der Waals surface area contributed by atoms with E-state index in [9.17, 15) is 4.79 Å². The monoisotopic (exact) mass is 424 g/mol. The van der Waals surface area contributed by atoms with Crippen molar-refractivity contribution in [2.24, 2.45) is 0 Å². The molecule has 0 aliphatic carbocycles. The summed E-state index contributed by atoms with van der Waals surface area (Å²) in [7, 11) is 0. The third kappa shape index (κ3) is 4.23. The van der Waals surface area contributed by atoms with E-state index in [0.29, 0.717) is 24.1 Å². The molecular weight excluding hydrogens is 400 g/mol. The molecular formula is C25H24N6O. The second kappa shape index (κ2) is 9.01. The molecule has 2 aromatic heterocycles. The fourth-order valence-corrected chi connectivity index (χ4v) is 3.92. The summed E-state index contributed by atoms with van der Waals surface area (Å²) >= 11 is 0. The zero-order valence-electron chi connectivity index (χ0n) is 17.7. The summed E-state index contributed by atoms with van der Waals surface area (Å²) in [6.45, 7) is 2.13. The van der Waals surface area contributed by atoms with Gasteiger partial charge in [0.05, 0.1) is 5.69 Å². The fraction of sp³-hybridized carbons (Fsp3) is 0.200. The number of rotatable bonds is 6. The van der Waals surface area contributed by atoms with E-state index in [-0.39, 0.29) is 5.56 Å². The number of fused-ring (bicyclic) bond motifs is 1. The Labute approximate surface area is 186 Å². The van der Waals surface area contributed by atoms with E-state index in [1.165, 1.54) is 5.56 Å². The van der Waals surface area contributed by atoms with Gasteiger partial charge < -0.3 is 5.32 Å². The second-order valence-corrected chi connectivity index (χ2v) is 7.70. The molecule has 0 bridgehead atoms. The number of hydrogen-bond acceptors (Lipinski definition) is 6. The first-order valence-electron chi connectivity index (χ1n) is 10.8. The minimum atomic E-state index is -0.0474. The molecule has 0 saturated heterocycles. The highest BCUT2D eigenvalue weighted by Gasteiger charge is 2.23. The van der Waals surface area contributed by atoms with Crippen molar-refractivity contribution < 1.29 is 0 Å². The van der Waals surface area contributed by atoms with Crippen LogP contribution in [0, 0.1) is 0 Å². The van der Waals surface area contributed by atoms with Gasteiger partial charge in [0, 0.05) is 37.5 Å². The van der Waals surface area contributed by atoms with Crippen LogP contribution in [0.15, 0.2) is 83.8 Å². The number of hydrogen-bond donors (Lipinski definition) is 1. The Kier molecular flexibility index (Phi) is 5.61. The first-order valence-corrected chi connectivity index (χ1v) is 10.8. The number of aromatic nitrogens is 4. The number of nitrogens with zero attached hydrogens (tertiary/aromatic N) is 5. The summed E-state index contributed by atoms with van der Waals surface area (Å²) in [6, 6.07) is 23.6. The highest BCUT2D eigenvalue weighted by atomic mass is 16.1. The molecule has 2 aromatic carbocycles. The molecule has 0 radical (unpaired) electrons. The van der Waals surface area contributed by atoms with Crippen molar-refractivity contribution in [3.05, 3.63) is 94.9 Å². The molecule has 3 heterocycles. The van der Waals surface area contributed by atoms with Crippen molar-refractivity contribution in [1.82, 2.24) is 19.5 Å². The van der Waals surface area contributed by atoms with E-state index in [1.54, 1.807) is 16.8 Å². The van der Waals surface area contributed by atoms with E-state index < -0.39 is 0 Å². The molecule has 0 amide bonds. The summed E-state index contributed by atoms with van der Waals surface area (Å²) in [5.74, 6) is 1.92. The van der Waals surface area contributed by atoms with Crippen LogP contribution in [0.1, 0.15) is 12.0 Å². The molecule has 0 spiro atoms. The molecule has 5 rings (SSSR count). The van der Waals surface area contributed by atoms with Gasteiger partial charge >= 0.3 is 0 Å². The van der Waals surface area contributed by atoms with Gasteiger partial charge in [-0.15, -0.1) is 0 Å². The quantitative estimate of drug-likeness (QED) is 0.506. The predicted molar refractivity (Wildman–Crippen MR) is 126 cm³/mol. The third-order valence-corrected chi connectivity index (χ3v) is 5.52. The lowest BCUT2D eigenvalue weighted by Gasteiger charge is -2.30. The van der Waals surface area contributed by atoms with Crippen molar-refractivity contribution in [2.75, 3.05) is 23.3 Å². The number of benzene rings is 2. The molecule has 0 unspecified atom stereocenters. The smallest absolute Gasteiger partial charge is 0.255 e. The Balaban J connectivity index is 1.41. The van der Waals surface area contributed by atoms with Gasteiger partial charge in [0.25, 0.3) is 5.56 Å². The van der Waals surface area contributed by atoms with E-state index in [2.05, 4.69) is 22.4 Å². The highest BCUT2D eigenvalue weighted by Crippen LogP contribution is 2.27. The lowest BCUT2D eigenvalue weighted by Crippen LogP contribution is -2.36. The molecule has 32 heavy (non-hydrogen) atoms. The molecule has 160 valence electrons. The topological polar surface area (TPSA) is 75.9 Å². The minimum Gasteiger partial charge on any atom is -0.354 e. The normalized spacial score (nSPS) is 12.9. The van der Waals surface area contributed by atoms with Crippen LogP contribution in [-0.2, 0) is 13.0 Å². The SMILES string of the molecule is O=c1cc(-c2ccccc2)nc2n1CCCN2c1ccnc(NCCc2ccccc2)n1. The number of nitrogens with one attached hydrogen (secondary N) is 1. The molecule has 1 aliphatic heterocycles. The van der Waals surface area contributed by atoms with E-state index in [0.717, 1.165) is 37.3 Å². The Morgan fingerprint density at radius 1 is 0.906 bits per heavy atom. The summed E-state index contributed by atoms with van der Waals surface area (Å²) < 4.78 is 1.72. The highest BCUT2D eigenvalue weighted by molar-refractivity contribution is 5.63. The van der Waals surface area contributed by atoms with E-state index >= 15 is 0 Å². The molecule has 1 N–H and O–H groups in total. The summed E-state index contributed by atoms with van der Waals surface area (Å²) in [5, 5.41) is 3.31. The number of anilines is 3. The van der Waals surface area contributed by atoms with Crippen LogP contribution in [0.25, 0.3) is 11.3 Å². The molecule has 0 atom stereocenters. The molecule has 1 aliphatic rings. The first-order chi connectivity index (χ1) is 15.8. The van der Waals surface area contributed by atoms with Gasteiger partial charge in [0.15, 0.2) is 0 Å². The van der Waals surface area contributed by atoms with E-state index in [1.807, 2.05) is 59.5 Å². The Hall–Kier alpha value is -4.00. The van der Waals surface area contributed by atoms with Crippen molar-refractivity contribution in [3.8, 4) is 11.3 Å². The van der Waals surface area contributed by atoms with Gasteiger partial charge in [0.2, 0.25) is 11.9 Å². The molecule has 0 saturated carbocycles. The van der Waals surface area contributed by atoms with Crippen LogP contribution >= 0.6 is 0 Å². The lowest BCUT2D eigenvalue weighted by atomic mass is 10.1. The standard InChI is InChI=1S/C25H24N6O/c32-23-18-21(20-10-5-2-6-11-20)28-25-30(16-7-17-31(23)25)22-13-15-27-24(29-22)26-14-12-19-8-3-1-4-9-19/h1-6,8-11,13,15,18H,7,12,14,16-17H2,(H,26,27,29). The van der Waals surface area contributed by atoms with Crippen LogP contribution in [-0.4, -0.2) is 32.6 Å². The second-order valence-electron chi connectivity index (χ2n) is 7.70. The summed E-state index contributed by atoms with van der Waals surface area (Å²) in [5.41, 5.74) is 2.81. The zero-order valence-corrected chi connectivity index (χ0v) is 17.7. The van der Waals surface area contributed by atoms with Crippen LogP contribution in [0.5, 0.6) is 0 Å². The first kappa shape index (κ1) is 19.9. The van der Waals surface area contributed by atoms with Crippen molar-refractivity contribution in [2.45, 2.75) is 19.4 Å². The van der Waals surface area contributed by atoms with Gasteiger partial charge in [-0.3, -0.25) is 14.3 Å². The average Bonchev–Trinajstić information content (AvgIpc) is 2.85. The fourth-order valence-electron chi connectivity index (χ4n) is 3.92. The molecule has 0 fully saturated rings. The minimum absolute atomic E-state index is 0.0474. The van der Waals surface area contributed by atoms with Crippen molar-refractivity contribution in [3.63, 3.8) is 0 Å². The van der Waals surface area contributed by atoms with Gasteiger partial charge in [-0.2, -0.15) is 4.98 Å². The summed E-state index contributed by atoms with van der Waals surface area (Å²) in [6.07, 6.45) is 3.48. The zero-order chi connectivity index (χ0) is 21.8. The molecule has 7 heteroatoms. The van der Waals surface area contributed by atoms with Crippen LogP contribution in [0.3, 0.4) is 0 Å². The maximum Gasteiger partial charge on any atom is 0.255 e. The van der Waals surface area contributed by atoms with Crippen LogP contribution < -0.4 is 15.8 Å². The largest absolute Gasteiger partial charge is 0.354 e. The maximum absolute atomic E-state index is 12.8. The van der Waals surface area contributed by atoms with Gasteiger partial charge in [-0.05, 0) is 24.5 Å². The predicted octanol–water partition coefficient (Wildman–Crippen LogP) is 3.90. The van der Waals surface area contributed by atoms with E-state index in [4.69, 9.17) is 9.97 Å². The Morgan fingerprint density at radius 2 is 1.69 bits per heavy atom. The van der Waals surface area contributed by atoms with Crippen molar-refractivity contribution >= 4 is 17.7 Å². The molecule has 7 nitrogen and oxygen atoms in total. The third-order valence-electron chi connectivity index (χ3n) is 5.52. The van der Waals surface area contributed by atoms with Crippen LogP contribution in [0.4, 0.5) is 17.7 Å². The van der Waals surface area contributed by atoms with Gasteiger partial charge in [0.1, 0.15) is 5.82 Å². The summed E-state index contributed by atoms with van der Waals surface area (Å²) in [4.78, 5) is 28.7. The molecule has 4 aromatic rings. The maximum atomic E-state index is 12.8. The average molecular weight is 425 g/mol. The van der Waals surface area contributed by atoms with Crippen LogP contribution in [0.2, 0.25) is 0 Å².